The maximum atomic E-state index is 12.2. The van der Waals surface area contributed by atoms with Crippen molar-refractivity contribution in [3.8, 4) is 5.75 Å². The lowest BCUT2D eigenvalue weighted by atomic mass is 10.2. The Bertz CT molecular complexity index is 643. The van der Waals surface area contributed by atoms with Gasteiger partial charge in [-0.15, -0.1) is 0 Å². The van der Waals surface area contributed by atoms with Crippen molar-refractivity contribution in [1.82, 2.24) is 5.32 Å². The van der Waals surface area contributed by atoms with Crippen molar-refractivity contribution in [2.24, 2.45) is 0 Å². The van der Waals surface area contributed by atoms with Crippen LogP contribution in [0.15, 0.2) is 48.5 Å². The molecule has 2 aromatic carbocycles. The molecule has 2 aromatic rings. The van der Waals surface area contributed by atoms with E-state index in [1.807, 2.05) is 48.5 Å². The molecule has 128 valence electrons. The van der Waals surface area contributed by atoms with Crippen LogP contribution in [0, 0.1) is 3.57 Å². The van der Waals surface area contributed by atoms with E-state index in [0.29, 0.717) is 12.2 Å². The highest BCUT2D eigenvalue weighted by molar-refractivity contribution is 14.1. The van der Waals surface area contributed by atoms with E-state index < -0.39 is 0 Å². The van der Waals surface area contributed by atoms with E-state index in [1.54, 1.807) is 0 Å². The third kappa shape index (κ3) is 6.15. The van der Waals surface area contributed by atoms with Gasteiger partial charge in [0.05, 0.1) is 3.57 Å². The fourth-order valence-electron chi connectivity index (χ4n) is 2.35. The predicted octanol–water partition coefficient (Wildman–Crippen LogP) is 5.18. The number of hydrogen-bond donors (Lipinski definition) is 1. The van der Waals surface area contributed by atoms with Crippen LogP contribution in [0.2, 0.25) is 0 Å². The summed E-state index contributed by atoms with van der Waals surface area (Å²) in [5, 5.41) is 2.98. The number of amides is 1. The maximum absolute atomic E-state index is 12.2. The molecule has 0 radical (unpaired) electrons. The molecule has 0 bridgehead atoms. The average Bonchev–Trinajstić information content (AvgIpc) is 2.61. The molecule has 0 atom stereocenters. The number of halogens is 1. The molecule has 0 aliphatic rings. The van der Waals surface area contributed by atoms with Crippen molar-refractivity contribution in [3.05, 3.63) is 63.2 Å². The maximum Gasteiger partial charge on any atom is 0.251 e. The van der Waals surface area contributed by atoms with E-state index in [9.17, 15) is 4.79 Å². The molecule has 0 aliphatic heterocycles. The van der Waals surface area contributed by atoms with Crippen LogP contribution in [0.25, 0.3) is 0 Å². The van der Waals surface area contributed by atoms with E-state index in [0.717, 1.165) is 27.8 Å². The van der Waals surface area contributed by atoms with Crippen LogP contribution in [0.4, 0.5) is 0 Å². The van der Waals surface area contributed by atoms with Gasteiger partial charge in [-0.1, -0.05) is 56.5 Å². The minimum Gasteiger partial charge on any atom is -0.488 e. The van der Waals surface area contributed by atoms with Gasteiger partial charge in [0.25, 0.3) is 5.91 Å². The smallest absolute Gasteiger partial charge is 0.251 e. The largest absolute Gasteiger partial charge is 0.488 e. The van der Waals surface area contributed by atoms with Gasteiger partial charge in [-0.3, -0.25) is 4.79 Å². The van der Waals surface area contributed by atoms with Crippen molar-refractivity contribution in [2.45, 2.75) is 39.2 Å². The molecule has 1 amide bonds. The zero-order valence-electron chi connectivity index (χ0n) is 14.1. The molecule has 24 heavy (non-hydrogen) atoms. The molecule has 0 saturated carbocycles. The van der Waals surface area contributed by atoms with Crippen LogP contribution < -0.4 is 10.1 Å². The van der Waals surface area contributed by atoms with E-state index in [2.05, 4.69) is 34.8 Å². The minimum atomic E-state index is -0.0148. The lowest BCUT2D eigenvalue weighted by molar-refractivity contribution is 0.0953. The van der Waals surface area contributed by atoms with Gasteiger partial charge in [0, 0.05) is 12.1 Å². The molecule has 0 fully saturated rings. The van der Waals surface area contributed by atoms with Gasteiger partial charge in [0.15, 0.2) is 0 Å². The summed E-state index contributed by atoms with van der Waals surface area (Å²) in [5.41, 5.74) is 1.81. The Labute approximate surface area is 157 Å². The van der Waals surface area contributed by atoms with E-state index in [-0.39, 0.29) is 5.91 Å². The number of unbranched alkanes of at least 4 members (excludes halogenated alkanes) is 3. The van der Waals surface area contributed by atoms with Gasteiger partial charge in [0.2, 0.25) is 0 Å². The van der Waals surface area contributed by atoms with Crippen LogP contribution >= 0.6 is 22.6 Å². The van der Waals surface area contributed by atoms with E-state index >= 15 is 0 Å². The van der Waals surface area contributed by atoms with Gasteiger partial charge in [-0.25, -0.2) is 0 Å². The number of hydrogen-bond acceptors (Lipinski definition) is 2. The van der Waals surface area contributed by atoms with Crippen molar-refractivity contribution >= 4 is 28.5 Å². The fraction of sp³-hybridized carbons (Fsp3) is 0.350. The molecular formula is C20H24INO2. The highest BCUT2D eigenvalue weighted by Crippen LogP contribution is 2.23. The monoisotopic (exact) mass is 437 g/mol. The molecule has 0 saturated heterocycles. The second-order valence-corrected chi connectivity index (χ2v) is 6.90. The summed E-state index contributed by atoms with van der Waals surface area (Å²) in [6, 6.07) is 15.6. The molecule has 0 heterocycles. The molecule has 2 rings (SSSR count). The summed E-state index contributed by atoms with van der Waals surface area (Å²) in [6.07, 6.45) is 4.63. The van der Waals surface area contributed by atoms with Crippen molar-refractivity contribution in [3.63, 3.8) is 0 Å². The summed E-state index contributed by atoms with van der Waals surface area (Å²) >= 11 is 2.21. The Hall–Kier alpha value is -1.56. The normalized spacial score (nSPS) is 10.4. The molecule has 3 nitrogen and oxygen atoms in total. The standard InChI is InChI=1S/C20H24INO2/c1-2-3-4-8-13-22-20(23)17-11-12-19(18(21)14-17)24-15-16-9-6-5-7-10-16/h5-7,9-12,14H,2-4,8,13,15H2,1H3,(H,22,23). The predicted molar refractivity (Wildman–Crippen MR) is 106 cm³/mol. The Kier molecular flexibility index (Phi) is 8.08. The van der Waals surface area contributed by atoms with Crippen molar-refractivity contribution in [2.75, 3.05) is 6.54 Å². The molecule has 4 heteroatoms. The number of nitrogens with one attached hydrogen (secondary N) is 1. The molecule has 0 spiro atoms. The third-order valence-corrected chi connectivity index (χ3v) is 4.59. The summed E-state index contributed by atoms with van der Waals surface area (Å²) in [7, 11) is 0. The van der Waals surface area contributed by atoms with Gasteiger partial charge < -0.3 is 10.1 Å². The zero-order chi connectivity index (χ0) is 17.2. The lowest BCUT2D eigenvalue weighted by Crippen LogP contribution is -2.24. The Balaban J connectivity index is 1.85. The SMILES string of the molecule is CCCCCCNC(=O)c1ccc(OCc2ccccc2)c(I)c1. The Morgan fingerprint density at radius 2 is 1.88 bits per heavy atom. The van der Waals surface area contributed by atoms with Crippen LogP contribution in [-0.4, -0.2) is 12.5 Å². The van der Waals surface area contributed by atoms with E-state index in [1.165, 1.54) is 19.3 Å². The first kappa shape index (κ1) is 18.8. The quantitative estimate of drug-likeness (QED) is 0.434. The van der Waals surface area contributed by atoms with Crippen LogP contribution in [0.5, 0.6) is 5.75 Å². The summed E-state index contributed by atoms with van der Waals surface area (Å²) in [4.78, 5) is 12.2. The first-order chi connectivity index (χ1) is 11.7. The second-order valence-electron chi connectivity index (χ2n) is 5.74. The summed E-state index contributed by atoms with van der Waals surface area (Å²) in [5.74, 6) is 0.790. The second kappa shape index (κ2) is 10.3. The number of carbonyl (C=O) groups is 1. The number of rotatable bonds is 9. The van der Waals surface area contributed by atoms with Gasteiger partial charge in [0.1, 0.15) is 12.4 Å². The molecule has 0 aliphatic carbocycles. The lowest BCUT2D eigenvalue weighted by Gasteiger charge is -2.10. The van der Waals surface area contributed by atoms with Gasteiger partial charge >= 0.3 is 0 Å². The summed E-state index contributed by atoms with van der Waals surface area (Å²) in [6.45, 7) is 3.45. The molecular weight excluding hydrogens is 413 g/mol. The first-order valence-corrected chi connectivity index (χ1v) is 9.53. The van der Waals surface area contributed by atoms with Gasteiger partial charge in [-0.05, 0) is 52.8 Å². The Morgan fingerprint density at radius 1 is 1.08 bits per heavy atom. The topological polar surface area (TPSA) is 38.3 Å². The zero-order valence-corrected chi connectivity index (χ0v) is 16.2. The molecule has 0 aromatic heterocycles. The first-order valence-electron chi connectivity index (χ1n) is 8.45. The minimum absolute atomic E-state index is 0.0148. The van der Waals surface area contributed by atoms with Crippen molar-refractivity contribution in [1.29, 1.82) is 0 Å². The van der Waals surface area contributed by atoms with Crippen LogP contribution in [0.1, 0.15) is 48.5 Å². The third-order valence-electron chi connectivity index (χ3n) is 3.75. The van der Waals surface area contributed by atoms with Crippen LogP contribution in [-0.2, 0) is 6.61 Å². The van der Waals surface area contributed by atoms with Gasteiger partial charge in [-0.2, -0.15) is 0 Å². The fourth-order valence-corrected chi connectivity index (χ4v) is 3.02. The highest BCUT2D eigenvalue weighted by atomic mass is 127. The molecule has 1 N–H and O–H groups in total. The van der Waals surface area contributed by atoms with Crippen LogP contribution in [0.3, 0.4) is 0 Å². The number of benzene rings is 2. The summed E-state index contributed by atoms with van der Waals surface area (Å²) < 4.78 is 6.79. The highest BCUT2D eigenvalue weighted by Gasteiger charge is 2.09. The van der Waals surface area contributed by atoms with Crippen molar-refractivity contribution < 1.29 is 9.53 Å². The van der Waals surface area contributed by atoms with E-state index in [4.69, 9.17) is 4.74 Å². The molecule has 0 unspecified atom stereocenters. The average molecular weight is 437 g/mol. The Morgan fingerprint density at radius 3 is 2.58 bits per heavy atom. The number of ether oxygens (including phenoxy) is 1. The number of carbonyl (C=O) groups excluding carboxylic acids is 1.